The third-order valence-electron chi connectivity index (χ3n) is 1.74. The molecule has 15 heavy (non-hydrogen) atoms. The van der Waals surface area contributed by atoms with Crippen molar-refractivity contribution in [1.29, 1.82) is 0 Å². The Morgan fingerprint density at radius 3 is 1.53 bits per heavy atom. The molecule has 5 heteroatoms. The molecule has 0 heterocycles. The van der Waals surface area contributed by atoms with Crippen molar-refractivity contribution in [3.05, 3.63) is 35.4 Å². The second kappa shape index (κ2) is 6.14. The first-order valence-corrected chi connectivity index (χ1v) is 3.96. The standard InChI is InChI=1S/C10H10O4.H3P/c1-13-9(11)7-5-3-4-6-8(7)10(12)14-2;/h3-6H,1-2H3;1H3. The smallest absolute Gasteiger partial charge is 0.338 e. The maximum Gasteiger partial charge on any atom is 0.338 e. The monoisotopic (exact) mass is 228 g/mol. The molecule has 0 N–H and O–H groups in total. The Labute approximate surface area is 91.2 Å². The third kappa shape index (κ3) is 3.03. The summed E-state index contributed by atoms with van der Waals surface area (Å²) in [5, 5.41) is 0. The minimum atomic E-state index is -0.550. The van der Waals surface area contributed by atoms with E-state index in [9.17, 15) is 9.59 Å². The Kier molecular flexibility index (Phi) is 5.57. The summed E-state index contributed by atoms with van der Waals surface area (Å²) in [6.07, 6.45) is 0. The molecule has 0 aliphatic carbocycles. The molecule has 0 fully saturated rings. The summed E-state index contributed by atoms with van der Waals surface area (Å²) < 4.78 is 9.05. The van der Waals surface area contributed by atoms with E-state index in [1.165, 1.54) is 26.4 Å². The average molecular weight is 228 g/mol. The van der Waals surface area contributed by atoms with Crippen LogP contribution in [-0.4, -0.2) is 26.2 Å². The van der Waals surface area contributed by atoms with Gasteiger partial charge >= 0.3 is 11.9 Å². The molecule has 82 valence electrons. The van der Waals surface area contributed by atoms with E-state index in [0.29, 0.717) is 0 Å². The Hall–Kier alpha value is -1.41. The van der Waals surface area contributed by atoms with Gasteiger partial charge in [-0.15, -0.1) is 0 Å². The van der Waals surface area contributed by atoms with Gasteiger partial charge in [0.1, 0.15) is 0 Å². The van der Waals surface area contributed by atoms with Crippen LogP contribution in [0.15, 0.2) is 24.3 Å². The Balaban J connectivity index is 0.00000196. The molecule has 0 aliphatic rings. The lowest BCUT2D eigenvalue weighted by molar-refractivity contribution is 0.0555. The van der Waals surface area contributed by atoms with Gasteiger partial charge in [0.05, 0.1) is 25.3 Å². The highest BCUT2D eigenvalue weighted by molar-refractivity contribution is 6.92. The van der Waals surface area contributed by atoms with Crippen LogP contribution in [0.1, 0.15) is 20.7 Å². The fraction of sp³-hybridized carbons (Fsp3) is 0.200. The average Bonchev–Trinajstić information content (AvgIpc) is 2.27. The zero-order valence-corrected chi connectivity index (χ0v) is 10.1. The van der Waals surface area contributed by atoms with Crippen LogP contribution in [-0.2, 0) is 9.47 Å². The van der Waals surface area contributed by atoms with E-state index in [0.717, 1.165) is 0 Å². The Morgan fingerprint density at radius 1 is 0.933 bits per heavy atom. The number of carbonyl (C=O) groups is 2. The molecular weight excluding hydrogens is 215 g/mol. The number of hydrogen-bond donors (Lipinski definition) is 0. The van der Waals surface area contributed by atoms with Crippen LogP contribution in [0.4, 0.5) is 0 Å². The highest BCUT2D eigenvalue weighted by Crippen LogP contribution is 2.10. The van der Waals surface area contributed by atoms with Gasteiger partial charge in [-0.25, -0.2) is 9.59 Å². The number of hydrogen-bond acceptors (Lipinski definition) is 4. The van der Waals surface area contributed by atoms with Gasteiger partial charge in [0.2, 0.25) is 0 Å². The lowest BCUT2D eigenvalue weighted by atomic mass is 10.1. The molecule has 1 rings (SSSR count). The summed E-state index contributed by atoms with van der Waals surface area (Å²) in [5.74, 6) is -1.10. The lowest BCUT2D eigenvalue weighted by Gasteiger charge is -2.04. The van der Waals surface area contributed by atoms with Crippen molar-refractivity contribution < 1.29 is 19.1 Å². The zero-order valence-electron chi connectivity index (χ0n) is 8.65. The molecule has 0 spiro atoms. The van der Waals surface area contributed by atoms with Gasteiger partial charge in [-0.05, 0) is 12.1 Å². The van der Waals surface area contributed by atoms with Crippen molar-refractivity contribution in [2.75, 3.05) is 14.2 Å². The number of carbonyl (C=O) groups excluding carboxylic acids is 2. The summed E-state index contributed by atoms with van der Waals surface area (Å²) >= 11 is 0. The zero-order chi connectivity index (χ0) is 10.6. The van der Waals surface area contributed by atoms with Crippen LogP contribution in [0.3, 0.4) is 0 Å². The first-order valence-electron chi connectivity index (χ1n) is 3.96. The fourth-order valence-electron chi connectivity index (χ4n) is 1.06. The van der Waals surface area contributed by atoms with Crippen LogP contribution in [0.25, 0.3) is 0 Å². The molecule has 0 radical (unpaired) electrons. The van der Waals surface area contributed by atoms with Crippen LogP contribution >= 0.6 is 9.90 Å². The Morgan fingerprint density at radius 2 is 1.27 bits per heavy atom. The number of methoxy groups -OCH3 is 2. The van der Waals surface area contributed by atoms with Gasteiger partial charge in [-0.1, -0.05) is 12.1 Å². The summed E-state index contributed by atoms with van der Waals surface area (Å²) in [6.45, 7) is 0. The van der Waals surface area contributed by atoms with Crippen molar-refractivity contribution >= 4 is 21.8 Å². The van der Waals surface area contributed by atoms with Gasteiger partial charge in [0.15, 0.2) is 0 Å². The molecule has 0 saturated heterocycles. The fourth-order valence-corrected chi connectivity index (χ4v) is 1.06. The number of rotatable bonds is 2. The van der Waals surface area contributed by atoms with Gasteiger partial charge in [0.25, 0.3) is 0 Å². The Bertz CT molecular complexity index is 327. The van der Waals surface area contributed by atoms with Crippen molar-refractivity contribution in [2.24, 2.45) is 0 Å². The van der Waals surface area contributed by atoms with Crippen molar-refractivity contribution in [3.8, 4) is 0 Å². The minimum Gasteiger partial charge on any atom is -0.465 e. The summed E-state index contributed by atoms with van der Waals surface area (Å²) in [7, 11) is 2.52. The van der Waals surface area contributed by atoms with Crippen molar-refractivity contribution in [2.45, 2.75) is 0 Å². The van der Waals surface area contributed by atoms with Crippen molar-refractivity contribution in [3.63, 3.8) is 0 Å². The SMILES string of the molecule is COC(=O)c1ccccc1C(=O)OC.P. The predicted molar refractivity (Wildman–Crippen MR) is 60.2 cm³/mol. The molecule has 1 atom stereocenters. The van der Waals surface area contributed by atoms with E-state index >= 15 is 0 Å². The van der Waals surface area contributed by atoms with Crippen LogP contribution in [0.2, 0.25) is 0 Å². The van der Waals surface area contributed by atoms with Crippen LogP contribution in [0.5, 0.6) is 0 Å². The molecule has 1 unspecified atom stereocenters. The van der Waals surface area contributed by atoms with E-state index < -0.39 is 11.9 Å². The first kappa shape index (κ1) is 13.6. The predicted octanol–water partition coefficient (Wildman–Crippen LogP) is 1.32. The highest BCUT2D eigenvalue weighted by Gasteiger charge is 2.16. The van der Waals surface area contributed by atoms with Gasteiger partial charge in [-0.3, -0.25) is 0 Å². The summed E-state index contributed by atoms with van der Waals surface area (Å²) in [4.78, 5) is 22.4. The molecule has 0 saturated carbocycles. The number of esters is 2. The maximum atomic E-state index is 11.2. The van der Waals surface area contributed by atoms with Crippen LogP contribution in [0, 0.1) is 0 Å². The quantitative estimate of drug-likeness (QED) is 0.565. The summed E-state index contributed by atoms with van der Waals surface area (Å²) in [6, 6.07) is 6.33. The molecular formula is C10H13O4P. The van der Waals surface area contributed by atoms with Gasteiger partial charge < -0.3 is 9.47 Å². The molecule has 0 amide bonds. The van der Waals surface area contributed by atoms with E-state index in [4.69, 9.17) is 0 Å². The summed E-state index contributed by atoms with van der Waals surface area (Å²) in [5.41, 5.74) is 0.420. The minimum absolute atomic E-state index is 0. The molecule has 0 bridgehead atoms. The van der Waals surface area contributed by atoms with Crippen LogP contribution < -0.4 is 0 Å². The largest absolute Gasteiger partial charge is 0.465 e. The van der Waals surface area contributed by atoms with E-state index in [1.54, 1.807) is 12.1 Å². The second-order valence-corrected chi connectivity index (χ2v) is 2.53. The van der Waals surface area contributed by atoms with Crippen molar-refractivity contribution in [1.82, 2.24) is 0 Å². The van der Waals surface area contributed by atoms with E-state index in [1.807, 2.05) is 0 Å². The highest BCUT2D eigenvalue weighted by atomic mass is 31.0. The van der Waals surface area contributed by atoms with Gasteiger partial charge in [0, 0.05) is 0 Å². The van der Waals surface area contributed by atoms with Gasteiger partial charge in [-0.2, -0.15) is 9.90 Å². The molecule has 0 aliphatic heterocycles. The lowest BCUT2D eigenvalue weighted by Crippen LogP contribution is -2.11. The first-order chi connectivity index (χ1) is 6.70. The number of benzene rings is 1. The second-order valence-electron chi connectivity index (χ2n) is 2.53. The normalized spacial score (nSPS) is 8.67. The molecule has 1 aromatic carbocycles. The van der Waals surface area contributed by atoms with E-state index in [2.05, 4.69) is 9.47 Å². The number of ether oxygens (including phenoxy) is 2. The topological polar surface area (TPSA) is 52.6 Å². The molecule has 4 nitrogen and oxygen atoms in total. The third-order valence-corrected chi connectivity index (χ3v) is 1.74. The maximum absolute atomic E-state index is 11.2. The molecule has 0 aromatic heterocycles. The van der Waals surface area contributed by atoms with E-state index in [-0.39, 0.29) is 21.0 Å². The molecule has 1 aromatic rings.